The summed E-state index contributed by atoms with van der Waals surface area (Å²) in [5.41, 5.74) is 5.23. The van der Waals surface area contributed by atoms with Gasteiger partial charge in [0.1, 0.15) is 5.69 Å². The van der Waals surface area contributed by atoms with Crippen molar-refractivity contribution in [1.29, 1.82) is 0 Å². The molecule has 1 aromatic rings. The molecule has 1 heterocycles. The van der Waals surface area contributed by atoms with Gasteiger partial charge in [-0.1, -0.05) is 0 Å². The first-order valence-electron chi connectivity index (χ1n) is 6.31. The van der Waals surface area contributed by atoms with Gasteiger partial charge in [-0.15, -0.1) is 0 Å². The van der Waals surface area contributed by atoms with Gasteiger partial charge in [-0.05, 0) is 24.5 Å². The SMILES string of the molecule is Nc1ccc(C(=O)NCC2CCS(=O)(=O)C2)cc1[N+](=O)[O-]. The number of nitrogens with zero attached hydrogens (tertiary/aromatic N) is 1. The van der Waals surface area contributed by atoms with Gasteiger partial charge < -0.3 is 11.1 Å². The van der Waals surface area contributed by atoms with Gasteiger partial charge in [0.15, 0.2) is 9.84 Å². The summed E-state index contributed by atoms with van der Waals surface area (Å²) in [6.07, 6.45) is 0.518. The zero-order valence-corrected chi connectivity index (χ0v) is 11.9. The standard InChI is InChI=1S/C12H15N3O5S/c13-10-2-1-9(5-11(10)15(17)18)12(16)14-6-8-3-4-21(19,20)7-8/h1-2,5,8H,3-4,6-7,13H2,(H,14,16). The number of hydrogen-bond donors (Lipinski definition) is 2. The third kappa shape index (κ3) is 3.69. The van der Waals surface area contributed by atoms with Gasteiger partial charge in [-0.2, -0.15) is 0 Å². The topological polar surface area (TPSA) is 132 Å². The molecule has 0 spiro atoms. The van der Waals surface area contributed by atoms with Crippen molar-refractivity contribution in [2.75, 3.05) is 23.8 Å². The smallest absolute Gasteiger partial charge is 0.292 e. The maximum atomic E-state index is 11.9. The molecule has 9 heteroatoms. The van der Waals surface area contributed by atoms with Crippen LogP contribution in [0.1, 0.15) is 16.8 Å². The zero-order chi connectivity index (χ0) is 15.6. The third-order valence-corrected chi connectivity index (χ3v) is 5.20. The highest BCUT2D eigenvalue weighted by atomic mass is 32.2. The van der Waals surface area contributed by atoms with Crippen molar-refractivity contribution in [2.24, 2.45) is 5.92 Å². The van der Waals surface area contributed by atoms with E-state index in [4.69, 9.17) is 5.73 Å². The number of nitro groups is 1. The van der Waals surface area contributed by atoms with E-state index in [-0.39, 0.29) is 40.9 Å². The normalized spacial score (nSPS) is 20.1. The number of anilines is 1. The molecule has 1 aliphatic heterocycles. The van der Waals surface area contributed by atoms with Crippen molar-refractivity contribution in [3.8, 4) is 0 Å². The molecule has 1 aromatic carbocycles. The lowest BCUT2D eigenvalue weighted by Gasteiger charge is -2.09. The summed E-state index contributed by atoms with van der Waals surface area (Å²) in [6, 6.07) is 3.80. The van der Waals surface area contributed by atoms with E-state index in [1.807, 2.05) is 0 Å². The molecule has 3 N–H and O–H groups in total. The van der Waals surface area contributed by atoms with Gasteiger partial charge in [0.05, 0.1) is 16.4 Å². The molecule has 1 saturated heterocycles. The van der Waals surface area contributed by atoms with Crippen LogP contribution < -0.4 is 11.1 Å². The fourth-order valence-corrected chi connectivity index (χ4v) is 4.08. The first kappa shape index (κ1) is 15.2. The Morgan fingerprint density at radius 3 is 2.76 bits per heavy atom. The lowest BCUT2D eigenvalue weighted by molar-refractivity contribution is -0.383. The Labute approximate surface area is 121 Å². The van der Waals surface area contributed by atoms with Gasteiger partial charge in [0.25, 0.3) is 11.6 Å². The quantitative estimate of drug-likeness (QED) is 0.468. The fourth-order valence-electron chi connectivity index (χ4n) is 2.22. The maximum Gasteiger partial charge on any atom is 0.292 e. The zero-order valence-electron chi connectivity index (χ0n) is 11.1. The Hall–Kier alpha value is -2.16. The highest BCUT2D eigenvalue weighted by Crippen LogP contribution is 2.22. The number of rotatable bonds is 4. The van der Waals surface area contributed by atoms with Crippen LogP contribution in [-0.4, -0.2) is 37.3 Å². The van der Waals surface area contributed by atoms with E-state index in [1.165, 1.54) is 12.1 Å². The number of sulfone groups is 1. The first-order valence-corrected chi connectivity index (χ1v) is 8.13. The molecule has 8 nitrogen and oxygen atoms in total. The summed E-state index contributed by atoms with van der Waals surface area (Å²) in [7, 11) is -2.99. The summed E-state index contributed by atoms with van der Waals surface area (Å²) in [5, 5.41) is 13.4. The maximum absolute atomic E-state index is 11.9. The average molecular weight is 313 g/mol. The second-order valence-corrected chi connectivity index (χ2v) is 7.24. The number of nitrogens with two attached hydrogens (primary N) is 1. The Bertz CT molecular complexity index is 686. The van der Waals surface area contributed by atoms with E-state index in [1.54, 1.807) is 0 Å². The van der Waals surface area contributed by atoms with Crippen molar-refractivity contribution >= 4 is 27.1 Å². The van der Waals surface area contributed by atoms with E-state index in [0.29, 0.717) is 6.42 Å². The number of nitro benzene ring substituents is 1. The first-order chi connectivity index (χ1) is 9.78. The second kappa shape index (κ2) is 5.68. The molecule has 1 fully saturated rings. The Kier molecular flexibility index (Phi) is 4.12. The predicted molar refractivity (Wildman–Crippen MR) is 76.6 cm³/mol. The van der Waals surface area contributed by atoms with Crippen LogP contribution in [-0.2, 0) is 9.84 Å². The predicted octanol–water partition coefficient (Wildman–Crippen LogP) is 0.341. The van der Waals surface area contributed by atoms with Crippen molar-refractivity contribution in [3.63, 3.8) is 0 Å². The number of hydrogen-bond acceptors (Lipinski definition) is 6. The van der Waals surface area contributed by atoms with Crippen LogP contribution >= 0.6 is 0 Å². The van der Waals surface area contributed by atoms with Gasteiger partial charge in [0.2, 0.25) is 0 Å². The van der Waals surface area contributed by atoms with Crippen LogP contribution in [0.25, 0.3) is 0 Å². The molecule has 1 atom stereocenters. The number of nitrogens with one attached hydrogen (secondary N) is 1. The lowest BCUT2D eigenvalue weighted by Crippen LogP contribution is -2.29. The highest BCUT2D eigenvalue weighted by molar-refractivity contribution is 7.91. The number of carbonyl (C=O) groups excluding carboxylic acids is 1. The van der Waals surface area contributed by atoms with Crippen LogP contribution in [0, 0.1) is 16.0 Å². The molecule has 2 rings (SSSR count). The van der Waals surface area contributed by atoms with Crippen LogP contribution in [0.3, 0.4) is 0 Å². The van der Waals surface area contributed by atoms with Crippen LogP contribution in [0.15, 0.2) is 18.2 Å². The lowest BCUT2D eigenvalue weighted by atomic mass is 10.1. The van der Waals surface area contributed by atoms with Crippen molar-refractivity contribution in [3.05, 3.63) is 33.9 Å². The second-order valence-electron chi connectivity index (χ2n) is 5.01. The van der Waals surface area contributed by atoms with Gasteiger partial charge in [0, 0.05) is 18.2 Å². The summed E-state index contributed by atoms with van der Waals surface area (Å²) >= 11 is 0. The molecule has 1 aliphatic rings. The number of carbonyl (C=O) groups is 1. The largest absolute Gasteiger partial charge is 0.393 e. The molecule has 0 aromatic heterocycles. The Morgan fingerprint density at radius 1 is 1.48 bits per heavy atom. The van der Waals surface area contributed by atoms with Crippen LogP contribution in [0.2, 0.25) is 0 Å². The molecule has 114 valence electrons. The van der Waals surface area contributed by atoms with E-state index < -0.39 is 20.7 Å². The molecule has 1 unspecified atom stereocenters. The summed E-state index contributed by atoms with van der Waals surface area (Å²) in [6.45, 7) is 0.232. The van der Waals surface area contributed by atoms with Crippen molar-refractivity contribution in [1.82, 2.24) is 5.32 Å². The minimum atomic E-state index is -2.99. The van der Waals surface area contributed by atoms with Crippen molar-refractivity contribution < 1.29 is 18.1 Å². The van der Waals surface area contributed by atoms with Crippen LogP contribution in [0.4, 0.5) is 11.4 Å². The van der Waals surface area contributed by atoms with Crippen molar-refractivity contribution in [2.45, 2.75) is 6.42 Å². The molecule has 0 bridgehead atoms. The number of amides is 1. The van der Waals surface area contributed by atoms with Gasteiger partial charge in [-0.25, -0.2) is 8.42 Å². The molecular formula is C12H15N3O5S. The molecule has 0 saturated carbocycles. The van der Waals surface area contributed by atoms with E-state index in [0.717, 1.165) is 6.07 Å². The summed E-state index contributed by atoms with van der Waals surface area (Å²) in [5.74, 6) is -0.388. The van der Waals surface area contributed by atoms with Gasteiger partial charge in [-0.3, -0.25) is 14.9 Å². The monoisotopic (exact) mass is 313 g/mol. The van der Waals surface area contributed by atoms with Crippen LogP contribution in [0.5, 0.6) is 0 Å². The number of nitrogen functional groups attached to an aromatic ring is 1. The fraction of sp³-hybridized carbons (Fsp3) is 0.417. The molecule has 21 heavy (non-hydrogen) atoms. The van der Waals surface area contributed by atoms with E-state index >= 15 is 0 Å². The number of benzene rings is 1. The van der Waals surface area contributed by atoms with E-state index in [9.17, 15) is 23.3 Å². The van der Waals surface area contributed by atoms with E-state index in [2.05, 4.69) is 5.32 Å². The summed E-state index contributed by atoms with van der Waals surface area (Å²) in [4.78, 5) is 22.0. The highest BCUT2D eigenvalue weighted by Gasteiger charge is 2.28. The minimum absolute atomic E-state index is 0.0153. The minimum Gasteiger partial charge on any atom is -0.393 e. The van der Waals surface area contributed by atoms with Gasteiger partial charge >= 0.3 is 0 Å². The average Bonchev–Trinajstić information content (AvgIpc) is 2.75. The Balaban J connectivity index is 2.01. The molecule has 0 aliphatic carbocycles. The third-order valence-electron chi connectivity index (χ3n) is 3.37. The summed E-state index contributed by atoms with van der Waals surface area (Å²) < 4.78 is 22.6. The molecule has 0 radical (unpaired) electrons. The molecular weight excluding hydrogens is 298 g/mol. The molecule has 1 amide bonds. The Morgan fingerprint density at radius 2 is 2.19 bits per heavy atom.